The Labute approximate surface area is 145 Å². The van der Waals surface area contributed by atoms with E-state index in [1.807, 2.05) is 44.2 Å². The van der Waals surface area contributed by atoms with Crippen molar-refractivity contribution in [2.75, 3.05) is 11.9 Å². The Morgan fingerprint density at radius 1 is 1.16 bits per heavy atom. The molecule has 1 aromatic carbocycles. The average molecular weight is 336 g/mol. The largest absolute Gasteiger partial charge is 0.392 e. The van der Waals surface area contributed by atoms with Crippen molar-refractivity contribution in [2.24, 2.45) is 0 Å². The Kier molecular flexibility index (Phi) is 4.90. The van der Waals surface area contributed by atoms with Gasteiger partial charge in [0.2, 0.25) is 0 Å². The highest BCUT2D eigenvalue weighted by atomic mass is 16.3. The number of aliphatic hydroxyl groups excluding tert-OH is 1. The Hall–Kier alpha value is -2.99. The summed E-state index contributed by atoms with van der Waals surface area (Å²) in [4.78, 5) is 20.3. The van der Waals surface area contributed by atoms with Crippen LogP contribution in [0.2, 0.25) is 0 Å². The molecule has 0 fully saturated rings. The van der Waals surface area contributed by atoms with Gasteiger partial charge in [-0.2, -0.15) is 0 Å². The van der Waals surface area contributed by atoms with Crippen molar-refractivity contribution in [1.29, 1.82) is 0 Å². The summed E-state index contributed by atoms with van der Waals surface area (Å²) in [5.41, 5.74) is 3.74. The lowest BCUT2D eigenvalue weighted by Crippen LogP contribution is -2.28. The summed E-state index contributed by atoms with van der Waals surface area (Å²) in [6.45, 7) is 4.26. The summed E-state index contributed by atoms with van der Waals surface area (Å²) >= 11 is 0. The number of carbonyl (C=O) groups is 1. The van der Waals surface area contributed by atoms with E-state index in [2.05, 4.69) is 20.6 Å². The van der Waals surface area contributed by atoms with Crippen molar-refractivity contribution < 1.29 is 9.90 Å². The Morgan fingerprint density at radius 3 is 2.72 bits per heavy atom. The molecule has 2 heterocycles. The van der Waals surface area contributed by atoms with Crippen molar-refractivity contribution in [1.82, 2.24) is 15.3 Å². The van der Waals surface area contributed by atoms with Crippen LogP contribution in [-0.4, -0.2) is 27.7 Å². The van der Waals surface area contributed by atoms with Crippen LogP contribution in [0.15, 0.2) is 42.7 Å². The standard InChI is InChI=1S/C19H20N4O2/c1-3-20-19(25)23-18-9-16-15(13-6-7-21-12(2)8-13)5-4-14(11-24)17(16)10-22-18/h4-10,24H,3,11H2,1-2H3,(H2,20,22,23,25). The molecular weight excluding hydrogens is 316 g/mol. The topological polar surface area (TPSA) is 87.1 Å². The molecule has 0 saturated carbocycles. The normalized spacial score (nSPS) is 10.7. The number of aliphatic hydroxyl groups is 1. The summed E-state index contributed by atoms with van der Waals surface area (Å²) in [5, 5.41) is 16.8. The first kappa shape index (κ1) is 16.9. The van der Waals surface area contributed by atoms with Gasteiger partial charge in [0.05, 0.1) is 6.61 Å². The zero-order valence-corrected chi connectivity index (χ0v) is 14.2. The molecule has 2 amide bonds. The van der Waals surface area contributed by atoms with Gasteiger partial charge in [-0.25, -0.2) is 9.78 Å². The van der Waals surface area contributed by atoms with Crippen molar-refractivity contribution in [2.45, 2.75) is 20.5 Å². The molecule has 6 nitrogen and oxygen atoms in total. The van der Waals surface area contributed by atoms with E-state index in [9.17, 15) is 9.90 Å². The molecule has 3 N–H and O–H groups in total. The number of anilines is 1. The molecule has 0 aliphatic heterocycles. The Bertz CT molecular complexity index is 924. The van der Waals surface area contributed by atoms with Crippen LogP contribution in [0.1, 0.15) is 18.2 Å². The van der Waals surface area contributed by atoms with E-state index in [4.69, 9.17) is 0 Å². The second-order valence-corrected chi connectivity index (χ2v) is 5.72. The van der Waals surface area contributed by atoms with Gasteiger partial charge in [0, 0.05) is 30.0 Å². The van der Waals surface area contributed by atoms with Gasteiger partial charge in [0.15, 0.2) is 0 Å². The second-order valence-electron chi connectivity index (χ2n) is 5.72. The number of fused-ring (bicyclic) bond motifs is 1. The SMILES string of the molecule is CCNC(=O)Nc1cc2c(-c3ccnc(C)c3)ccc(CO)c2cn1. The smallest absolute Gasteiger partial charge is 0.320 e. The average Bonchev–Trinajstić information content (AvgIpc) is 2.60. The van der Waals surface area contributed by atoms with E-state index in [1.165, 1.54) is 0 Å². The number of hydrogen-bond acceptors (Lipinski definition) is 4. The number of pyridine rings is 2. The van der Waals surface area contributed by atoms with Crippen LogP contribution in [0.5, 0.6) is 0 Å². The molecule has 25 heavy (non-hydrogen) atoms. The van der Waals surface area contributed by atoms with Gasteiger partial charge in [-0.3, -0.25) is 10.3 Å². The first-order valence-electron chi connectivity index (χ1n) is 8.12. The number of benzene rings is 1. The van der Waals surface area contributed by atoms with Gasteiger partial charge in [-0.1, -0.05) is 12.1 Å². The fraction of sp³-hybridized carbons (Fsp3) is 0.211. The fourth-order valence-electron chi connectivity index (χ4n) is 2.79. The summed E-state index contributed by atoms with van der Waals surface area (Å²) in [6, 6.07) is 9.34. The van der Waals surface area contributed by atoms with Gasteiger partial charge in [-0.15, -0.1) is 0 Å². The van der Waals surface area contributed by atoms with Crippen LogP contribution in [0.25, 0.3) is 21.9 Å². The maximum Gasteiger partial charge on any atom is 0.320 e. The molecule has 0 spiro atoms. The second kappa shape index (κ2) is 7.27. The minimum absolute atomic E-state index is 0.0725. The number of urea groups is 1. The van der Waals surface area contributed by atoms with Crippen LogP contribution in [-0.2, 0) is 6.61 Å². The molecule has 128 valence electrons. The highest BCUT2D eigenvalue weighted by Crippen LogP contribution is 2.32. The number of rotatable bonds is 4. The van der Waals surface area contributed by atoms with Crippen LogP contribution in [0, 0.1) is 6.92 Å². The molecule has 3 aromatic rings. The predicted octanol–water partition coefficient (Wildman–Crippen LogP) is 3.24. The third-order valence-electron chi connectivity index (χ3n) is 3.95. The molecular formula is C19H20N4O2. The summed E-state index contributed by atoms with van der Waals surface area (Å²) in [5.74, 6) is 0.459. The third kappa shape index (κ3) is 3.59. The maximum absolute atomic E-state index is 11.8. The number of hydrogen-bond donors (Lipinski definition) is 3. The maximum atomic E-state index is 11.8. The van der Waals surface area contributed by atoms with E-state index >= 15 is 0 Å². The van der Waals surface area contributed by atoms with Crippen molar-refractivity contribution >= 4 is 22.6 Å². The van der Waals surface area contributed by atoms with Crippen molar-refractivity contribution in [3.63, 3.8) is 0 Å². The van der Waals surface area contributed by atoms with E-state index in [-0.39, 0.29) is 12.6 Å². The molecule has 0 atom stereocenters. The van der Waals surface area contributed by atoms with Gasteiger partial charge in [0.1, 0.15) is 5.82 Å². The predicted molar refractivity (Wildman–Crippen MR) is 98.3 cm³/mol. The number of amides is 2. The molecule has 0 radical (unpaired) electrons. The molecule has 3 rings (SSSR count). The van der Waals surface area contributed by atoms with E-state index in [1.54, 1.807) is 12.4 Å². The first-order valence-corrected chi connectivity index (χ1v) is 8.12. The lowest BCUT2D eigenvalue weighted by molar-refractivity contribution is 0.252. The highest BCUT2D eigenvalue weighted by Gasteiger charge is 2.11. The number of aromatic nitrogens is 2. The van der Waals surface area contributed by atoms with Gasteiger partial charge in [-0.05, 0) is 54.1 Å². The number of carbonyl (C=O) groups excluding carboxylic acids is 1. The molecule has 0 bridgehead atoms. The molecule has 0 aliphatic carbocycles. The monoisotopic (exact) mass is 336 g/mol. The minimum Gasteiger partial charge on any atom is -0.392 e. The first-order chi connectivity index (χ1) is 12.1. The number of nitrogens with zero attached hydrogens (tertiary/aromatic N) is 2. The molecule has 6 heteroatoms. The van der Waals surface area contributed by atoms with Gasteiger partial charge >= 0.3 is 6.03 Å². The lowest BCUT2D eigenvalue weighted by atomic mass is 9.96. The van der Waals surface area contributed by atoms with Crippen LogP contribution in [0.3, 0.4) is 0 Å². The summed E-state index contributed by atoms with van der Waals surface area (Å²) in [6.07, 6.45) is 3.45. The zero-order chi connectivity index (χ0) is 17.8. The van der Waals surface area contributed by atoms with Crippen molar-refractivity contribution in [3.8, 4) is 11.1 Å². The third-order valence-corrected chi connectivity index (χ3v) is 3.95. The molecule has 2 aromatic heterocycles. The Morgan fingerprint density at radius 2 is 2.00 bits per heavy atom. The van der Waals surface area contributed by atoms with Crippen LogP contribution >= 0.6 is 0 Å². The van der Waals surface area contributed by atoms with E-state index in [0.717, 1.165) is 33.2 Å². The molecule has 0 aliphatic rings. The van der Waals surface area contributed by atoms with Crippen LogP contribution in [0.4, 0.5) is 10.6 Å². The van der Waals surface area contributed by atoms with Crippen molar-refractivity contribution in [3.05, 3.63) is 54.0 Å². The molecule has 0 saturated heterocycles. The van der Waals surface area contributed by atoms with E-state index < -0.39 is 0 Å². The fourth-order valence-corrected chi connectivity index (χ4v) is 2.79. The zero-order valence-electron chi connectivity index (χ0n) is 14.2. The number of nitrogens with one attached hydrogen (secondary N) is 2. The number of aryl methyl sites for hydroxylation is 1. The summed E-state index contributed by atoms with van der Waals surface area (Å²) < 4.78 is 0. The molecule has 0 unspecified atom stereocenters. The summed E-state index contributed by atoms with van der Waals surface area (Å²) in [7, 11) is 0. The van der Waals surface area contributed by atoms with Gasteiger partial charge < -0.3 is 10.4 Å². The lowest BCUT2D eigenvalue weighted by Gasteiger charge is -2.12. The Balaban J connectivity index is 2.14. The van der Waals surface area contributed by atoms with Crippen LogP contribution < -0.4 is 10.6 Å². The minimum atomic E-state index is -0.297. The highest BCUT2D eigenvalue weighted by molar-refractivity contribution is 6.00. The van der Waals surface area contributed by atoms with E-state index in [0.29, 0.717) is 12.4 Å². The van der Waals surface area contributed by atoms with Gasteiger partial charge in [0.25, 0.3) is 0 Å². The quantitative estimate of drug-likeness (QED) is 0.682.